The van der Waals surface area contributed by atoms with E-state index in [9.17, 15) is 9.18 Å². The molecule has 0 saturated carbocycles. The summed E-state index contributed by atoms with van der Waals surface area (Å²) >= 11 is 18.1. The Labute approximate surface area is 220 Å². The molecule has 33 heavy (non-hydrogen) atoms. The first kappa shape index (κ1) is 24.0. The predicted molar refractivity (Wildman–Crippen MR) is 139 cm³/mol. The molecule has 1 N–H and O–H groups in total. The first-order chi connectivity index (χ1) is 15.8. The highest BCUT2D eigenvalue weighted by Crippen LogP contribution is 2.34. The van der Waals surface area contributed by atoms with Crippen LogP contribution in [0.25, 0.3) is 11.0 Å². The lowest BCUT2D eigenvalue weighted by atomic mass is 10.2. The van der Waals surface area contributed by atoms with E-state index in [0.717, 1.165) is 13.4 Å². The fourth-order valence-corrected chi connectivity index (χ4v) is 5.24. The molecule has 1 aromatic heterocycles. The number of nitrogens with one attached hydrogen (secondary N) is 1. The Balaban J connectivity index is 1.43. The van der Waals surface area contributed by atoms with Gasteiger partial charge in [0.05, 0.1) is 19.8 Å². The van der Waals surface area contributed by atoms with Crippen molar-refractivity contribution in [3.63, 3.8) is 0 Å². The van der Waals surface area contributed by atoms with Gasteiger partial charge >= 0.3 is 5.91 Å². The fourth-order valence-electron chi connectivity index (χ4n) is 2.97. The number of ether oxygens (including phenoxy) is 1. The number of amides is 1. The van der Waals surface area contributed by atoms with Gasteiger partial charge in [0.1, 0.15) is 18.0 Å². The van der Waals surface area contributed by atoms with Crippen LogP contribution in [0.2, 0.25) is 10.0 Å². The Bertz CT molecular complexity index is 1370. The van der Waals surface area contributed by atoms with Gasteiger partial charge in [0, 0.05) is 15.4 Å². The van der Waals surface area contributed by atoms with Crippen molar-refractivity contribution in [3.8, 4) is 5.75 Å². The summed E-state index contributed by atoms with van der Waals surface area (Å²) in [6, 6.07) is 14.8. The molecular formula is C23H13BrCl2FIN2O3. The summed E-state index contributed by atoms with van der Waals surface area (Å²) in [5.74, 6) is -0.524. The molecule has 3 aromatic carbocycles. The number of carbonyl (C=O) groups excluding carboxylic acids is 1. The van der Waals surface area contributed by atoms with Gasteiger partial charge in [0.2, 0.25) is 0 Å². The Kier molecular flexibility index (Phi) is 7.58. The van der Waals surface area contributed by atoms with Crippen LogP contribution >= 0.6 is 61.7 Å². The summed E-state index contributed by atoms with van der Waals surface area (Å²) in [4.78, 5) is 12.4. The van der Waals surface area contributed by atoms with E-state index in [2.05, 4.69) is 49.0 Å². The average Bonchev–Trinajstić information content (AvgIpc) is 3.19. The third kappa shape index (κ3) is 5.68. The van der Waals surface area contributed by atoms with Crippen molar-refractivity contribution in [1.82, 2.24) is 5.43 Å². The lowest BCUT2D eigenvalue weighted by molar-refractivity contribution is 0.0929. The Morgan fingerprint density at radius 2 is 1.91 bits per heavy atom. The SMILES string of the molecule is O=C(N/N=C\c1cc(Cl)c(OCc2ccccc2F)c(Cl)c1)c1cc2cc(Br)cc(I)c2o1. The first-order valence-corrected chi connectivity index (χ1v) is 12.0. The molecule has 0 bridgehead atoms. The van der Waals surface area contributed by atoms with Crippen LogP contribution in [0.15, 0.2) is 68.6 Å². The van der Waals surface area contributed by atoms with E-state index >= 15 is 0 Å². The maximum Gasteiger partial charge on any atom is 0.307 e. The highest BCUT2D eigenvalue weighted by atomic mass is 127. The van der Waals surface area contributed by atoms with Crippen LogP contribution in [0.3, 0.4) is 0 Å². The number of halogens is 5. The molecule has 4 rings (SSSR count). The largest absolute Gasteiger partial charge is 0.486 e. The molecular weight excluding hydrogens is 649 g/mol. The summed E-state index contributed by atoms with van der Waals surface area (Å²) in [5, 5.41) is 5.19. The molecule has 0 aliphatic rings. The van der Waals surface area contributed by atoms with Crippen molar-refractivity contribution >= 4 is 84.8 Å². The van der Waals surface area contributed by atoms with Crippen molar-refractivity contribution in [2.75, 3.05) is 0 Å². The predicted octanol–water partition coefficient (Wildman–Crippen LogP) is 7.59. The number of benzene rings is 3. The quantitative estimate of drug-likeness (QED) is 0.132. The molecule has 5 nitrogen and oxygen atoms in total. The lowest BCUT2D eigenvalue weighted by Gasteiger charge is -2.11. The van der Waals surface area contributed by atoms with Crippen molar-refractivity contribution in [2.45, 2.75) is 6.61 Å². The molecule has 168 valence electrons. The van der Waals surface area contributed by atoms with Gasteiger partial charge in [-0.05, 0) is 64.6 Å². The summed E-state index contributed by atoms with van der Waals surface area (Å²) in [7, 11) is 0. The smallest absolute Gasteiger partial charge is 0.307 e. The molecule has 10 heteroatoms. The van der Waals surface area contributed by atoms with Crippen molar-refractivity contribution in [1.29, 1.82) is 0 Å². The van der Waals surface area contributed by atoms with Crippen molar-refractivity contribution in [2.24, 2.45) is 5.10 Å². The van der Waals surface area contributed by atoms with Crippen LogP contribution < -0.4 is 10.2 Å². The summed E-state index contributed by atoms with van der Waals surface area (Å²) < 4.78 is 26.8. The highest BCUT2D eigenvalue weighted by molar-refractivity contribution is 14.1. The maximum absolute atomic E-state index is 13.8. The average molecular weight is 662 g/mol. The molecule has 4 aromatic rings. The van der Waals surface area contributed by atoms with Gasteiger partial charge in [-0.25, -0.2) is 9.82 Å². The van der Waals surface area contributed by atoms with E-state index in [1.165, 1.54) is 12.3 Å². The van der Waals surface area contributed by atoms with E-state index in [4.69, 9.17) is 32.4 Å². The zero-order valence-electron chi connectivity index (χ0n) is 16.5. The minimum Gasteiger partial charge on any atom is -0.486 e. The van der Waals surface area contributed by atoms with Crippen molar-refractivity contribution < 1.29 is 18.3 Å². The lowest BCUT2D eigenvalue weighted by Crippen LogP contribution is -2.16. The Hall–Kier alpha value is -2.14. The van der Waals surface area contributed by atoms with Crippen LogP contribution in [0, 0.1) is 9.39 Å². The highest BCUT2D eigenvalue weighted by Gasteiger charge is 2.15. The molecule has 0 aliphatic heterocycles. The second kappa shape index (κ2) is 10.4. The molecule has 0 radical (unpaired) electrons. The molecule has 0 fully saturated rings. The number of hydrogen-bond donors (Lipinski definition) is 1. The van der Waals surface area contributed by atoms with Crippen LogP contribution in [0.5, 0.6) is 5.75 Å². The molecule has 0 atom stereocenters. The van der Waals surface area contributed by atoms with E-state index in [1.54, 1.807) is 36.4 Å². The molecule has 1 amide bonds. The standard InChI is InChI=1S/C23H13BrCl2FIN2O3/c24-15-7-14-8-20(33-21(14)19(28)9-15)23(31)30-29-10-12-5-16(25)22(17(26)6-12)32-11-13-3-1-2-4-18(13)27/h1-10H,11H2,(H,30,31)/b29-10-. The normalized spacial score (nSPS) is 11.3. The van der Waals surface area contributed by atoms with Crippen LogP contribution in [0.4, 0.5) is 4.39 Å². The number of hydrazone groups is 1. The van der Waals surface area contributed by atoms with Gasteiger partial charge in [0.15, 0.2) is 11.5 Å². The van der Waals surface area contributed by atoms with Crippen LogP contribution in [-0.4, -0.2) is 12.1 Å². The summed E-state index contributed by atoms with van der Waals surface area (Å²) in [5.41, 5.74) is 3.95. The van der Waals surface area contributed by atoms with Crippen LogP contribution in [0.1, 0.15) is 21.7 Å². The number of nitrogens with zero attached hydrogens (tertiary/aromatic N) is 1. The number of fused-ring (bicyclic) bond motifs is 1. The number of rotatable bonds is 6. The van der Waals surface area contributed by atoms with Gasteiger partial charge in [-0.1, -0.05) is 57.3 Å². The fraction of sp³-hybridized carbons (Fsp3) is 0.0435. The zero-order chi connectivity index (χ0) is 23.5. The minimum atomic E-state index is -0.503. The monoisotopic (exact) mass is 660 g/mol. The third-order valence-corrected chi connectivity index (χ3v) is 6.31. The summed E-state index contributed by atoms with van der Waals surface area (Å²) in [6.45, 7) is -0.0252. The molecule has 1 heterocycles. The van der Waals surface area contributed by atoms with Crippen molar-refractivity contribution in [3.05, 3.63) is 95.4 Å². The first-order valence-electron chi connectivity index (χ1n) is 9.39. The third-order valence-electron chi connectivity index (χ3n) is 4.49. The second-order valence-corrected chi connectivity index (χ2v) is 9.70. The topological polar surface area (TPSA) is 63.8 Å². The Morgan fingerprint density at radius 1 is 1.18 bits per heavy atom. The van der Waals surface area contributed by atoms with Crippen LogP contribution in [-0.2, 0) is 6.61 Å². The van der Waals surface area contributed by atoms with E-state index in [-0.39, 0.29) is 34.0 Å². The second-order valence-electron chi connectivity index (χ2n) is 6.81. The van der Waals surface area contributed by atoms with Gasteiger partial charge in [0.25, 0.3) is 0 Å². The van der Waals surface area contributed by atoms with E-state index < -0.39 is 5.91 Å². The zero-order valence-corrected chi connectivity index (χ0v) is 21.8. The number of furan rings is 1. The molecule has 0 spiro atoms. The number of hydrogen-bond acceptors (Lipinski definition) is 4. The van der Waals surface area contributed by atoms with Gasteiger partial charge in [-0.15, -0.1) is 0 Å². The van der Waals surface area contributed by atoms with Gasteiger partial charge in [-0.3, -0.25) is 4.79 Å². The maximum atomic E-state index is 13.8. The van der Waals surface area contributed by atoms with Gasteiger partial charge < -0.3 is 9.15 Å². The minimum absolute atomic E-state index is 0.0252. The van der Waals surface area contributed by atoms with E-state index in [1.807, 2.05) is 12.1 Å². The molecule has 0 unspecified atom stereocenters. The number of carbonyl (C=O) groups is 1. The molecule has 0 saturated heterocycles. The van der Waals surface area contributed by atoms with E-state index in [0.29, 0.717) is 16.7 Å². The van der Waals surface area contributed by atoms with Gasteiger partial charge in [-0.2, -0.15) is 5.10 Å². The summed E-state index contributed by atoms with van der Waals surface area (Å²) in [6.07, 6.45) is 1.39. The molecule has 0 aliphatic carbocycles. The Morgan fingerprint density at radius 3 is 2.64 bits per heavy atom.